The maximum Gasteiger partial charge on any atom is 0.335 e. The molecule has 0 aromatic heterocycles. The van der Waals surface area contributed by atoms with E-state index in [9.17, 15) is 14.7 Å². The molecule has 0 radical (unpaired) electrons. The molecule has 0 spiro atoms. The number of carboxylic acid groups (broad SMARTS) is 1. The third kappa shape index (κ3) is 3.87. The highest BCUT2D eigenvalue weighted by Gasteiger charge is 2.27. The van der Waals surface area contributed by atoms with E-state index in [4.69, 9.17) is 0 Å². The third-order valence-corrected chi connectivity index (χ3v) is 4.81. The highest BCUT2D eigenvalue weighted by Crippen LogP contribution is 2.27. The zero-order valence-corrected chi connectivity index (χ0v) is 13.4. The van der Waals surface area contributed by atoms with Crippen molar-refractivity contribution >= 4 is 11.9 Å². The Kier molecular flexibility index (Phi) is 5.58. The van der Waals surface area contributed by atoms with Crippen molar-refractivity contribution in [2.45, 2.75) is 51.5 Å². The molecule has 4 heteroatoms. The quantitative estimate of drug-likeness (QED) is 0.907. The number of hydrogen-bond acceptors (Lipinski definition) is 2. The molecule has 0 bridgehead atoms. The van der Waals surface area contributed by atoms with Crippen molar-refractivity contribution in [3.63, 3.8) is 0 Å². The van der Waals surface area contributed by atoms with Crippen LogP contribution in [0, 0.1) is 5.92 Å². The van der Waals surface area contributed by atoms with Gasteiger partial charge in [-0.05, 0) is 36.8 Å². The van der Waals surface area contributed by atoms with Crippen LogP contribution in [0.15, 0.2) is 24.3 Å². The van der Waals surface area contributed by atoms with Crippen LogP contribution in [0.1, 0.15) is 54.9 Å². The summed E-state index contributed by atoms with van der Waals surface area (Å²) in [6, 6.07) is 7.25. The van der Waals surface area contributed by atoms with E-state index in [1.807, 2.05) is 18.0 Å². The largest absolute Gasteiger partial charge is 0.478 e. The Labute approximate surface area is 132 Å². The molecule has 1 N–H and O–H groups in total. The Balaban J connectivity index is 1.96. The number of aryl methyl sites for hydroxylation is 1. The summed E-state index contributed by atoms with van der Waals surface area (Å²) in [6.07, 6.45) is 5.55. The Morgan fingerprint density at radius 3 is 2.59 bits per heavy atom. The van der Waals surface area contributed by atoms with E-state index >= 15 is 0 Å². The van der Waals surface area contributed by atoms with Gasteiger partial charge in [0.1, 0.15) is 0 Å². The standard InChI is InChI=1S/C18H25NO3/c1-13-7-3-6-10-16(13)19(2)17(20)12-11-14-8-4-5-9-15(14)18(21)22/h4-5,8-9,13,16H,3,6-7,10-12H2,1-2H3,(H,21,22)/t13-,16+/m1/s1. The lowest BCUT2D eigenvalue weighted by molar-refractivity contribution is -0.133. The predicted octanol–water partition coefficient (Wildman–Crippen LogP) is 3.35. The van der Waals surface area contributed by atoms with E-state index < -0.39 is 5.97 Å². The van der Waals surface area contributed by atoms with Gasteiger partial charge in [-0.2, -0.15) is 0 Å². The third-order valence-electron chi connectivity index (χ3n) is 4.81. The van der Waals surface area contributed by atoms with Crippen molar-refractivity contribution in [3.05, 3.63) is 35.4 Å². The topological polar surface area (TPSA) is 57.6 Å². The number of aromatic carboxylic acids is 1. The second-order valence-corrected chi connectivity index (χ2v) is 6.30. The lowest BCUT2D eigenvalue weighted by Crippen LogP contribution is -2.42. The Morgan fingerprint density at radius 2 is 1.91 bits per heavy atom. The molecule has 1 aliphatic carbocycles. The summed E-state index contributed by atoms with van der Waals surface area (Å²) in [4.78, 5) is 25.5. The van der Waals surface area contributed by atoms with Crippen LogP contribution in [0.5, 0.6) is 0 Å². The first-order valence-corrected chi connectivity index (χ1v) is 8.07. The van der Waals surface area contributed by atoms with Gasteiger partial charge in [0.05, 0.1) is 5.56 Å². The Morgan fingerprint density at radius 1 is 1.23 bits per heavy atom. The van der Waals surface area contributed by atoms with E-state index in [0.717, 1.165) is 12.0 Å². The van der Waals surface area contributed by atoms with Gasteiger partial charge in [0, 0.05) is 19.5 Å². The molecule has 1 aromatic carbocycles. The highest BCUT2D eigenvalue weighted by molar-refractivity contribution is 5.89. The number of nitrogens with zero attached hydrogens (tertiary/aromatic N) is 1. The lowest BCUT2D eigenvalue weighted by Gasteiger charge is -2.36. The van der Waals surface area contributed by atoms with Gasteiger partial charge in [0.2, 0.25) is 5.91 Å². The summed E-state index contributed by atoms with van der Waals surface area (Å²) in [7, 11) is 1.89. The predicted molar refractivity (Wildman–Crippen MR) is 85.9 cm³/mol. The first kappa shape index (κ1) is 16.5. The number of carbonyl (C=O) groups is 2. The molecule has 0 saturated heterocycles. The van der Waals surface area contributed by atoms with Gasteiger partial charge in [0.25, 0.3) is 0 Å². The second-order valence-electron chi connectivity index (χ2n) is 6.30. The van der Waals surface area contributed by atoms with Gasteiger partial charge in [0.15, 0.2) is 0 Å². The van der Waals surface area contributed by atoms with Crippen LogP contribution in [0.2, 0.25) is 0 Å². The molecule has 0 heterocycles. The average molecular weight is 303 g/mol. The van der Waals surface area contributed by atoms with Crippen molar-refractivity contribution in [2.75, 3.05) is 7.05 Å². The molecule has 1 amide bonds. The maximum absolute atomic E-state index is 12.4. The van der Waals surface area contributed by atoms with E-state index in [1.165, 1.54) is 19.3 Å². The van der Waals surface area contributed by atoms with Gasteiger partial charge < -0.3 is 10.0 Å². The summed E-state index contributed by atoms with van der Waals surface area (Å²) in [5.41, 5.74) is 1.03. The fourth-order valence-corrected chi connectivity index (χ4v) is 3.42. The molecule has 0 aliphatic heterocycles. The minimum Gasteiger partial charge on any atom is -0.478 e. The molecule has 0 unspecified atom stereocenters. The van der Waals surface area contributed by atoms with Crippen molar-refractivity contribution in [1.29, 1.82) is 0 Å². The number of hydrogen-bond donors (Lipinski definition) is 1. The van der Waals surface area contributed by atoms with Gasteiger partial charge in [-0.1, -0.05) is 38.0 Å². The number of benzene rings is 1. The second kappa shape index (κ2) is 7.43. The van der Waals surface area contributed by atoms with Crippen LogP contribution in [-0.2, 0) is 11.2 Å². The fraction of sp³-hybridized carbons (Fsp3) is 0.556. The van der Waals surface area contributed by atoms with E-state index in [2.05, 4.69) is 6.92 Å². The van der Waals surface area contributed by atoms with Crippen LogP contribution in [0.3, 0.4) is 0 Å². The van der Waals surface area contributed by atoms with Crippen LogP contribution in [-0.4, -0.2) is 35.0 Å². The smallest absolute Gasteiger partial charge is 0.335 e. The number of carbonyl (C=O) groups excluding carboxylic acids is 1. The van der Waals surface area contributed by atoms with E-state index in [1.54, 1.807) is 18.2 Å². The Bertz CT molecular complexity index is 541. The van der Waals surface area contributed by atoms with Crippen LogP contribution >= 0.6 is 0 Å². The fourth-order valence-electron chi connectivity index (χ4n) is 3.42. The zero-order valence-electron chi connectivity index (χ0n) is 13.4. The molecule has 2 rings (SSSR count). The van der Waals surface area contributed by atoms with Gasteiger partial charge in [-0.3, -0.25) is 4.79 Å². The molecule has 4 nitrogen and oxygen atoms in total. The summed E-state index contributed by atoms with van der Waals surface area (Å²) >= 11 is 0. The molecular weight excluding hydrogens is 278 g/mol. The average Bonchev–Trinajstić information content (AvgIpc) is 2.52. The van der Waals surface area contributed by atoms with Crippen LogP contribution in [0.4, 0.5) is 0 Å². The minimum atomic E-state index is -0.933. The van der Waals surface area contributed by atoms with Crippen molar-refractivity contribution < 1.29 is 14.7 Å². The first-order valence-electron chi connectivity index (χ1n) is 8.07. The number of carboxylic acids is 1. The zero-order chi connectivity index (χ0) is 16.1. The van der Waals surface area contributed by atoms with Gasteiger partial charge in [-0.15, -0.1) is 0 Å². The number of amides is 1. The SMILES string of the molecule is C[C@@H]1CCCC[C@@H]1N(C)C(=O)CCc1ccccc1C(=O)O. The van der Waals surface area contributed by atoms with Crippen LogP contribution in [0.25, 0.3) is 0 Å². The number of rotatable bonds is 5. The van der Waals surface area contributed by atoms with Crippen LogP contribution < -0.4 is 0 Å². The van der Waals surface area contributed by atoms with E-state index in [0.29, 0.717) is 30.4 Å². The van der Waals surface area contributed by atoms with Crippen molar-refractivity contribution in [3.8, 4) is 0 Å². The van der Waals surface area contributed by atoms with E-state index in [-0.39, 0.29) is 5.91 Å². The minimum absolute atomic E-state index is 0.110. The highest BCUT2D eigenvalue weighted by atomic mass is 16.4. The Hall–Kier alpha value is -1.84. The molecule has 22 heavy (non-hydrogen) atoms. The van der Waals surface area contributed by atoms with Gasteiger partial charge in [-0.25, -0.2) is 4.79 Å². The molecule has 1 fully saturated rings. The monoisotopic (exact) mass is 303 g/mol. The first-order chi connectivity index (χ1) is 10.5. The summed E-state index contributed by atoms with van der Waals surface area (Å²) in [6.45, 7) is 2.22. The maximum atomic E-state index is 12.4. The summed E-state index contributed by atoms with van der Waals surface area (Å²) < 4.78 is 0. The summed E-state index contributed by atoms with van der Waals surface area (Å²) in [5.74, 6) is -0.273. The van der Waals surface area contributed by atoms with Crippen molar-refractivity contribution in [2.24, 2.45) is 5.92 Å². The molecule has 2 atom stereocenters. The molecule has 1 aromatic rings. The molecular formula is C18H25NO3. The molecule has 120 valence electrons. The lowest BCUT2D eigenvalue weighted by atomic mass is 9.85. The molecule has 1 aliphatic rings. The van der Waals surface area contributed by atoms with Gasteiger partial charge >= 0.3 is 5.97 Å². The molecule has 1 saturated carbocycles. The summed E-state index contributed by atoms with van der Waals surface area (Å²) in [5, 5.41) is 9.18. The normalized spacial score (nSPS) is 21.4. The van der Waals surface area contributed by atoms with Crippen molar-refractivity contribution in [1.82, 2.24) is 4.90 Å².